The van der Waals surface area contributed by atoms with Gasteiger partial charge in [-0.3, -0.25) is 9.78 Å². The first-order valence-electron chi connectivity index (χ1n) is 12.6. The second kappa shape index (κ2) is 8.82. The number of nitrogens with zero attached hydrogens (tertiary/aromatic N) is 6. The highest BCUT2D eigenvalue weighted by Gasteiger charge is 2.27. The largest absolute Gasteiger partial charge is 0.324 e. The molecular formula is C28H32N8O. The third kappa shape index (κ3) is 4.27. The number of aromatic nitrogens is 5. The van der Waals surface area contributed by atoms with Gasteiger partial charge < -0.3 is 10.6 Å². The van der Waals surface area contributed by atoms with Gasteiger partial charge in [-0.1, -0.05) is 6.07 Å². The smallest absolute Gasteiger partial charge is 0.278 e. The predicted octanol–water partition coefficient (Wildman–Crippen LogP) is 4.48. The molecule has 0 spiro atoms. The molecule has 37 heavy (non-hydrogen) atoms. The van der Waals surface area contributed by atoms with E-state index in [0.29, 0.717) is 28.4 Å². The van der Waals surface area contributed by atoms with Crippen LogP contribution in [0, 0.1) is 11.3 Å². The third-order valence-corrected chi connectivity index (χ3v) is 7.02. The van der Waals surface area contributed by atoms with Gasteiger partial charge in [-0.2, -0.15) is 10.2 Å². The standard InChI is InChI=1S/C28H32N8O/c1-17(2)35-25(37)21-15-31-26(33-19-7-8-22-18(13-19)9-12-32-28(22,5)6)34-24(21)36(35)20-10-11-30-23(14-20)27(3,4)16-29/h7-8,10-11,13-15,17,32H,9,12H2,1-6H3,(H,31,33,34). The number of anilines is 2. The second-order valence-electron chi connectivity index (χ2n) is 10.9. The lowest BCUT2D eigenvalue weighted by Gasteiger charge is -2.34. The van der Waals surface area contributed by atoms with Crippen molar-refractivity contribution in [3.05, 3.63) is 69.9 Å². The van der Waals surface area contributed by atoms with Crippen molar-refractivity contribution in [2.24, 2.45) is 0 Å². The molecule has 1 aromatic carbocycles. The Kier molecular flexibility index (Phi) is 5.88. The maximum atomic E-state index is 13.4. The molecule has 0 radical (unpaired) electrons. The van der Waals surface area contributed by atoms with Gasteiger partial charge in [0.25, 0.3) is 5.56 Å². The van der Waals surface area contributed by atoms with Crippen molar-refractivity contribution >= 4 is 22.7 Å². The third-order valence-electron chi connectivity index (χ3n) is 7.02. The van der Waals surface area contributed by atoms with E-state index in [1.54, 1.807) is 21.8 Å². The van der Waals surface area contributed by atoms with Crippen molar-refractivity contribution in [2.45, 2.75) is 65.0 Å². The van der Waals surface area contributed by atoms with Gasteiger partial charge in [-0.05, 0) is 89.9 Å². The first-order chi connectivity index (χ1) is 17.5. The zero-order valence-electron chi connectivity index (χ0n) is 22.1. The molecule has 190 valence electrons. The second-order valence-corrected chi connectivity index (χ2v) is 10.9. The molecular weight excluding hydrogens is 464 g/mol. The molecule has 9 nitrogen and oxygen atoms in total. The summed E-state index contributed by atoms with van der Waals surface area (Å²) >= 11 is 0. The Labute approximate surface area is 216 Å². The molecule has 0 aliphatic carbocycles. The van der Waals surface area contributed by atoms with Crippen LogP contribution >= 0.6 is 0 Å². The maximum absolute atomic E-state index is 13.4. The molecule has 3 aromatic heterocycles. The molecule has 0 fully saturated rings. The molecule has 4 heterocycles. The molecule has 1 aliphatic rings. The molecule has 4 aromatic rings. The first kappa shape index (κ1) is 24.7. The average molecular weight is 497 g/mol. The lowest BCUT2D eigenvalue weighted by Crippen LogP contribution is -2.42. The van der Waals surface area contributed by atoms with Crippen molar-refractivity contribution in [2.75, 3.05) is 11.9 Å². The normalized spacial score (nSPS) is 15.0. The van der Waals surface area contributed by atoms with E-state index < -0.39 is 5.41 Å². The van der Waals surface area contributed by atoms with Crippen LogP contribution in [0.3, 0.4) is 0 Å². The van der Waals surface area contributed by atoms with Crippen LogP contribution in [0.4, 0.5) is 11.6 Å². The van der Waals surface area contributed by atoms with Crippen LogP contribution in [0.5, 0.6) is 0 Å². The molecule has 0 atom stereocenters. The van der Waals surface area contributed by atoms with Crippen LogP contribution in [0.2, 0.25) is 0 Å². The topological polar surface area (TPSA) is 113 Å². The molecule has 2 N–H and O–H groups in total. The van der Waals surface area contributed by atoms with Gasteiger partial charge in [0.1, 0.15) is 5.39 Å². The van der Waals surface area contributed by atoms with E-state index in [0.717, 1.165) is 18.7 Å². The summed E-state index contributed by atoms with van der Waals surface area (Å²) in [4.78, 5) is 27.0. The molecule has 0 saturated carbocycles. The van der Waals surface area contributed by atoms with E-state index in [1.165, 1.54) is 11.1 Å². The summed E-state index contributed by atoms with van der Waals surface area (Å²) in [7, 11) is 0. The summed E-state index contributed by atoms with van der Waals surface area (Å²) in [6.45, 7) is 12.9. The van der Waals surface area contributed by atoms with Gasteiger partial charge in [0.05, 0.1) is 22.9 Å². The molecule has 0 bridgehead atoms. The lowest BCUT2D eigenvalue weighted by atomic mass is 9.85. The molecule has 1 aliphatic heterocycles. The zero-order valence-corrected chi connectivity index (χ0v) is 22.1. The van der Waals surface area contributed by atoms with Crippen molar-refractivity contribution in [3.8, 4) is 11.8 Å². The highest BCUT2D eigenvalue weighted by molar-refractivity contribution is 5.77. The SMILES string of the molecule is CC(C)n1c(=O)c2cnc(Nc3ccc4c(c3)CCNC4(C)C)nc2n1-c1ccnc(C(C)(C)C#N)c1. The van der Waals surface area contributed by atoms with Crippen LogP contribution in [-0.2, 0) is 17.4 Å². The predicted molar refractivity (Wildman–Crippen MR) is 144 cm³/mol. The zero-order chi connectivity index (χ0) is 26.5. The van der Waals surface area contributed by atoms with Crippen molar-refractivity contribution in [3.63, 3.8) is 0 Å². The molecule has 0 unspecified atom stereocenters. The van der Waals surface area contributed by atoms with Crippen molar-refractivity contribution in [1.82, 2.24) is 29.6 Å². The monoisotopic (exact) mass is 496 g/mol. The van der Waals surface area contributed by atoms with Crippen molar-refractivity contribution in [1.29, 1.82) is 5.26 Å². The Morgan fingerprint density at radius 1 is 1.19 bits per heavy atom. The Balaban J connectivity index is 1.62. The molecule has 0 saturated heterocycles. The quantitative estimate of drug-likeness (QED) is 0.419. The Bertz CT molecular complexity index is 1600. The summed E-state index contributed by atoms with van der Waals surface area (Å²) in [5.74, 6) is 0.405. The van der Waals surface area contributed by atoms with E-state index in [-0.39, 0.29) is 17.1 Å². The van der Waals surface area contributed by atoms with E-state index in [4.69, 9.17) is 4.98 Å². The Morgan fingerprint density at radius 3 is 2.70 bits per heavy atom. The van der Waals surface area contributed by atoms with Gasteiger partial charge in [-0.25, -0.2) is 14.3 Å². The van der Waals surface area contributed by atoms with Gasteiger partial charge in [0.2, 0.25) is 5.95 Å². The minimum Gasteiger partial charge on any atom is -0.324 e. The first-order valence-corrected chi connectivity index (χ1v) is 12.6. The minimum absolute atomic E-state index is 0.0686. The van der Waals surface area contributed by atoms with Crippen LogP contribution in [0.25, 0.3) is 16.7 Å². The number of hydrogen-bond donors (Lipinski definition) is 2. The van der Waals surface area contributed by atoms with Gasteiger partial charge in [-0.15, -0.1) is 0 Å². The molecule has 0 amide bonds. The van der Waals surface area contributed by atoms with E-state index >= 15 is 0 Å². The molecule has 5 rings (SSSR count). The van der Waals surface area contributed by atoms with Crippen LogP contribution in [-0.4, -0.2) is 30.9 Å². The Hall–Kier alpha value is -4.03. The number of benzene rings is 1. The highest BCUT2D eigenvalue weighted by Crippen LogP contribution is 2.31. The van der Waals surface area contributed by atoms with Gasteiger partial charge in [0, 0.05) is 29.7 Å². The van der Waals surface area contributed by atoms with Gasteiger partial charge >= 0.3 is 0 Å². The van der Waals surface area contributed by atoms with Crippen molar-refractivity contribution < 1.29 is 0 Å². The fourth-order valence-corrected chi connectivity index (χ4v) is 4.95. The van der Waals surface area contributed by atoms with Crippen LogP contribution in [0.1, 0.15) is 64.4 Å². The fraction of sp³-hybridized carbons (Fsp3) is 0.393. The Morgan fingerprint density at radius 2 is 1.97 bits per heavy atom. The summed E-state index contributed by atoms with van der Waals surface area (Å²) < 4.78 is 3.46. The summed E-state index contributed by atoms with van der Waals surface area (Å²) in [5.41, 5.74) is 4.29. The van der Waals surface area contributed by atoms with Crippen LogP contribution in [0.15, 0.2) is 47.5 Å². The van der Waals surface area contributed by atoms with Crippen LogP contribution < -0.4 is 16.2 Å². The number of fused-ring (bicyclic) bond motifs is 2. The fourth-order valence-electron chi connectivity index (χ4n) is 4.95. The average Bonchev–Trinajstić information content (AvgIpc) is 3.15. The number of pyridine rings is 1. The minimum atomic E-state index is -0.778. The summed E-state index contributed by atoms with van der Waals surface area (Å²) in [6, 6.07) is 12.2. The number of rotatable bonds is 5. The lowest BCUT2D eigenvalue weighted by molar-refractivity contribution is 0.382. The highest BCUT2D eigenvalue weighted by atomic mass is 16.1. The van der Waals surface area contributed by atoms with E-state index in [1.807, 2.05) is 45.9 Å². The number of nitrogens with one attached hydrogen (secondary N) is 2. The molecule has 9 heteroatoms. The number of nitriles is 1. The van der Waals surface area contributed by atoms with Gasteiger partial charge in [0.15, 0.2) is 5.65 Å². The summed E-state index contributed by atoms with van der Waals surface area (Å²) in [5, 5.41) is 16.9. The summed E-state index contributed by atoms with van der Waals surface area (Å²) in [6.07, 6.45) is 4.19. The number of hydrogen-bond acceptors (Lipinski definition) is 7. The maximum Gasteiger partial charge on any atom is 0.278 e. The van der Waals surface area contributed by atoms with E-state index in [2.05, 4.69) is 52.7 Å². The van der Waals surface area contributed by atoms with E-state index in [9.17, 15) is 10.1 Å².